The van der Waals surface area contributed by atoms with E-state index in [0.29, 0.717) is 0 Å². The van der Waals surface area contributed by atoms with Crippen LogP contribution >= 0.6 is 0 Å². The molecule has 1 aromatic carbocycles. The summed E-state index contributed by atoms with van der Waals surface area (Å²) >= 11 is 0. The maximum absolute atomic E-state index is 4.83. The van der Waals surface area contributed by atoms with E-state index in [1.165, 1.54) is 24.0 Å². The van der Waals surface area contributed by atoms with Crippen LogP contribution in [-0.4, -0.2) is 12.8 Å². The number of aryl methyl sites for hydroxylation is 1. The molecule has 2 nitrogen and oxygen atoms in total. The maximum atomic E-state index is 4.83. The molecule has 0 aromatic heterocycles. The monoisotopic (exact) mass is 175 g/mol. The third-order valence-corrected chi connectivity index (χ3v) is 2.39. The summed E-state index contributed by atoms with van der Waals surface area (Å²) in [5.74, 6) is 0. The lowest BCUT2D eigenvalue weighted by Crippen LogP contribution is -2.11. The van der Waals surface area contributed by atoms with Crippen LogP contribution < -0.4 is 0 Å². The zero-order chi connectivity index (χ0) is 9.10. The van der Waals surface area contributed by atoms with Crippen molar-refractivity contribution < 1.29 is 4.84 Å². The van der Waals surface area contributed by atoms with E-state index in [0.717, 1.165) is 12.1 Å². The van der Waals surface area contributed by atoms with Crippen LogP contribution in [0.2, 0.25) is 0 Å². The Morgan fingerprint density at radius 1 is 1.23 bits per heavy atom. The van der Waals surface area contributed by atoms with Crippen LogP contribution in [0.4, 0.5) is 0 Å². The van der Waals surface area contributed by atoms with Crippen molar-refractivity contribution in [3.05, 3.63) is 35.4 Å². The predicted octanol–water partition coefficient (Wildman–Crippen LogP) is 2.37. The van der Waals surface area contributed by atoms with Gasteiger partial charge in [-0.25, -0.2) is 0 Å². The predicted molar refractivity (Wildman–Crippen MR) is 52.9 cm³/mol. The SMILES string of the molecule is CO/N=C1/CCCc2ccccc21. The fraction of sp³-hybridized carbons (Fsp3) is 0.364. The number of hydrogen-bond acceptors (Lipinski definition) is 2. The lowest BCUT2D eigenvalue weighted by Gasteiger charge is -2.16. The third-order valence-electron chi connectivity index (χ3n) is 2.39. The summed E-state index contributed by atoms with van der Waals surface area (Å²) < 4.78 is 0. The molecule has 0 fully saturated rings. The molecule has 0 amide bonds. The van der Waals surface area contributed by atoms with E-state index in [-0.39, 0.29) is 0 Å². The van der Waals surface area contributed by atoms with Gasteiger partial charge >= 0.3 is 0 Å². The second-order valence-corrected chi connectivity index (χ2v) is 3.23. The molecule has 2 rings (SSSR count). The van der Waals surface area contributed by atoms with E-state index in [2.05, 4.69) is 29.4 Å². The molecular weight excluding hydrogens is 162 g/mol. The lowest BCUT2D eigenvalue weighted by molar-refractivity contribution is 0.212. The van der Waals surface area contributed by atoms with Crippen LogP contribution in [0.3, 0.4) is 0 Å². The molecule has 0 aliphatic heterocycles. The van der Waals surface area contributed by atoms with Gasteiger partial charge in [-0.15, -0.1) is 0 Å². The fourth-order valence-electron chi connectivity index (χ4n) is 1.81. The van der Waals surface area contributed by atoms with Crippen molar-refractivity contribution in [2.45, 2.75) is 19.3 Å². The van der Waals surface area contributed by atoms with Crippen molar-refractivity contribution in [3.63, 3.8) is 0 Å². The molecule has 68 valence electrons. The molecule has 0 bridgehead atoms. The van der Waals surface area contributed by atoms with Gasteiger partial charge in [0.05, 0.1) is 5.71 Å². The average Bonchev–Trinajstić information content (AvgIpc) is 2.19. The number of hydrogen-bond donors (Lipinski definition) is 0. The minimum absolute atomic E-state index is 1.03. The Hall–Kier alpha value is -1.31. The van der Waals surface area contributed by atoms with Gasteiger partial charge in [-0.05, 0) is 24.8 Å². The Morgan fingerprint density at radius 3 is 2.92 bits per heavy atom. The van der Waals surface area contributed by atoms with Crippen LogP contribution in [0.5, 0.6) is 0 Å². The van der Waals surface area contributed by atoms with Crippen LogP contribution in [0, 0.1) is 0 Å². The normalized spacial score (nSPS) is 18.4. The summed E-state index contributed by atoms with van der Waals surface area (Å²) in [6, 6.07) is 8.41. The largest absolute Gasteiger partial charge is 0.399 e. The third kappa shape index (κ3) is 1.57. The van der Waals surface area contributed by atoms with Crippen molar-refractivity contribution in [1.29, 1.82) is 0 Å². The van der Waals surface area contributed by atoms with E-state index in [4.69, 9.17) is 4.84 Å². The van der Waals surface area contributed by atoms with Gasteiger partial charge < -0.3 is 4.84 Å². The molecule has 0 spiro atoms. The number of rotatable bonds is 1. The summed E-state index contributed by atoms with van der Waals surface area (Å²) in [5, 5.41) is 4.04. The summed E-state index contributed by atoms with van der Waals surface area (Å²) in [6.45, 7) is 0. The van der Waals surface area contributed by atoms with Crippen LogP contribution in [0.25, 0.3) is 0 Å². The molecule has 1 aliphatic rings. The molecule has 0 unspecified atom stereocenters. The topological polar surface area (TPSA) is 21.6 Å². The minimum Gasteiger partial charge on any atom is -0.399 e. The van der Waals surface area contributed by atoms with Crippen LogP contribution in [0.15, 0.2) is 29.4 Å². The highest BCUT2D eigenvalue weighted by atomic mass is 16.6. The second-order valence-electron chi connectivity index (χ2n) is 3.23. The molecule has 0 N–H and O–H groups in total. The summed E-state index contributed by atoms with van der Waals surface area (Å²) in [6.07, 6.45) is 3.38. The Balaban J connectivity index is 2.42. The fourth-order valence-corrected chi connectivity index (χ4v) is 1.81. The van der Waals surface area contributed by atoms with Crippen molar-refractivity contribution in [3.8, 4) is 0 Å². The molecule has 1 aliphatic carbocycles. The molecule has 0 saturated carbocycles. The van der Waals surface area contributed by atoms with Gasteiger partial charge in [0.1, 0.15) is 7.11 Å². The standard InChI is InChI=1S/C11H13NO/c1-13-12-11-8-4-6-9-5-2-3-7-10(9)11/h2-3,5,7H,4,6,8H2,1H3/b12-11-. The van der Waals surface area contributed by atoms with Gasteiger partial charge in [-0.2, -0.15) is 0 Å². The van der Waals surface area contributed by atoms with Crippen molar-refractivity contribution in [2.75, 3.05) is 7.11 Å². The average molecular weight is 175 g/mol. The molecule has 0 saturated heterocycles. The zero-order valence-corrected chi connectivity index (χ0v) is 7.79. The minimum atomic E-state index is 1.03. The number of benzene rings is 1. The maximum Gasteiger partial charge on any atom is 0.106 e. The van der Waals surface area contributed by atoms with E-state index >= 15 is 0 Å². The lowest BCUT2D eigenvalue weighted by atomic mass is 9.90. The van der Waals surface area contributed by atoms with E-state index < -0.39 is 0 Å². The zero-order valence-electron chi connectivity index (χ0n) is 7.79. The van der Waals surface area contributed by atoms with E-state index in [1.54, 1.807) is 7.11 Å². The van der Waals surface area contributed by atoms with Gasteiger partial charge in [-0.3, -0.25) is 0 Å². The summed E-state index contributed by atoms with van der Waals surface area (Å²) in [4.78, 5) is 4.83. The Labute approximate surface area is 78.2 Å². The van der Waals surface area contributed by atoms with Crippen molar-refractivity contribution in [2.24, 2.45) is 5.16 Å². The molecule has 2 heteroatoms. The van der Waals surface area contributed by atoms with Crippen LogP contribution in [-0.2, 0) is 11.3 Å². The highest BCUT2D eigenvalue weighted by Crippen LogP contribution is 2.21. The Bertz CT molecular complexity index is 331. The number of nitrogens with zero attached hydrogens (tertiary/aromatic N) is 1. The van der Waals surface area contributed by atoms with Gasteiger partial charge in [0.25, 0.3) is 0 Å². The first-order chi connectivity index (χ1) is 6.42. The summed E-state index contributed by atoms with van der Waals surface area (Å²) in [7, 11) is 1.60. The first kappa shape index (κ1) is 8.30. The van der Waals surface area contributed by atoms with Crippen molar-refractivity contribution in [1.82, 2.24) is 0 Å². The smallest absolute Gasteiger partial charge is 0.106 e. The molecule has 0 atom stereocenters. The van der Waals surface area contributed by atoms with E-state index in [9.17, 15) is 0 Å². The molecule has 0 heterocycles. The van der Waals surface area contributed by atoms with E-state index in [1.807, 2.05) is 0 Å². The molecule has 1 aromatic rings. The van der Waals surface area contributed by atoms with Crippen LogP contribution in [0.1, 0.15) is 24.0 Å². The summed E-state index contributed by atoms with van der Waals surface area (Å²) in [5.41, 5.74) is 3.74. The second kappa shape index (κ2) is 3.60. The van der Waals surface area contributed by atoms with Gasteiger partial charge in [0.2, 0.25) is 0 Å². The first-order valence-electron chi connectivity index (χ1n) is 4.60. The first-order valence-corrected chi connectivity index (χ1v) is 4.60. The molecule has 13 heavy (non-hydrogen) atoms. The van der Waals surface area contributed by atoms with Crippen molar-refractivity contribution >= 4 is 5.71 Å². The Morgan fingerprint density at radius 2 is 2.08 bits per heavy atom. The van der Waals surface area contributed by atoms with Gasteiger partial charge in [0.15, 0.2) is 0 Å². The number of fused-ring (bicyclic) bond motifs is 1. The molecular formula is C11H13NO. The Kier molecular flexibility index (Phi) is 2.30. The highest BCUT2D eigenvalue weighted by molar-refractivity contribution is 6.02. The molecule has 0 radical (unpaired) electrons. The quantitative estimate of drug-likeness (QED) is 0.600. The number of oxime groups is 1. The van der Waals surface area contributed by atoms with Gasteiger partial charge in [0, 0.05) is 5.56 Å². The highest BCUT2D eigenvalue weighted by Gasteiger charge is 2.14. The van der Waals surface area contributed by atoms with Gasteiger partial charge in [-0.1, -0.05) is 29.4 Å².